The van der Waals surface area contributed by atoms with Crippen molar-refractivity contribution >= 4 is 17.4 Å². The van der Waals surface area contributed by atoms with E-state index in [4.69, 9.17) is 4.52 Å². The van der Waals surface area contributed by atoms with Crippen molar-refractivity contribution in [1.29, 1.82) is 0 Å². The number of rotatable bonds is 3. The molecule has 0 aliphatic carbocycles. The number of hydrogen-bond acceptors (Lipinski definition) is 4. The molecule has 0 atom stereocenters. The molecule has 3 aromatic heterocycles. The van der Waals surface area contributed by atoms with Crippen LogP contribution in [0.4, 0.5) is 5.82 Å². The number of carbonyl (C=O) groups is 1. The Morgan fingerprint density at radius 3 is 2.56 bits per heavy atom. The van der Waals surface area contributed by atoms with Crippen LogP contribution < -0.4 is 5.32 Å². The third-order valence-corrected chi connectivity index (χ3v) is 4.07. The molecular weight excluding hydrogens is 316 g/mol. The quantitative estimate of drug-likeness (QED) is 0.618. The van der Waals surface area contributed by atoms with Crippen LogP contribution in [0.2, 0.25) is 0 Å². The minimum atomic E-state index is -0.265. The van der Waals surface area contributed by atoms with Gasteiger partial charge in [0.1, 0.15) is 28.5 Å². The third kappa shape index (κ3) is 2.57. The van der Waals surface area contributed by atoms with Crippen molar-refractivity contribution in [3.8, 4) is 11.3 Å². The number of aromatic nitrogens is 3. The number of aryl methyl sites for hydroxylation is 2. The van der Waals surface area contributed by atoms with Crippen molar-refractivity contribution in [2.45, 2.75) is 13.8 Å². The summed E-state index contributed by atoms with van der Waals surface area (Å²) in [4.78, 5) is 17.5. The van der Waals surface area contributed by atoms with Crippen LogP contribution >= 0.6 is 0 Å². The maximum Gasteiger partial charge on any atom is 0.262 e. The minimum Gasteiger partial charge on any atom is -0.361 e. The molecule has 0 bridgehead atoms. The van der Waals surface area contributed by atoms with Gasteiger partial charge in [-0.05, 0) is 26.0 Å². The summed E-state index contributed by atoms with van der Waals surface area (Å²) >= 11 is 0. The van der Waals surface area contributed by atoms with Crippen molar-refractivity contribution in [3.05, 3.63) is 71.7 Å². The molecule has 0 aliphatic rings. The average molecular weight is 332 g/mol. The van der Waals surface area contributed by atoms with Crippen molar-refractivity contribution in [1.82, 2.24) is 14.5 Å². The predicted molar refractivity (Wildman–Crippen MR) is 94.6 cm³/mol. The van der Waals surface area contributed by atoms with Crippen LogP contribution in [0, 0.1) is 13.8 Å². The first-order valence-electron chi connectivity index (χ1n) is 7.92. The molecule has 1 amide bonds. The summed E-state index contributed by atoms with van der Waals surface area (Å²) in [5.41, 5.74) is 3.41. The van der Waals surface area contributed by atoms with Gasteiger partial charge in [-0.3, -0.25) is 9.20 Å². The number of imidazole rings is 1. The molecule has 0 fully saturated rings. The number of nitrogens with zero attached hydrogens (tertiary/aromatic N) is 3. The van der Waals surface area contributed by atoms with Crippen LogP contribution in [0.5, 0.6) is 0 Å². The van der Waals surface area contributed by atoms with E-state index in [0.717, 1.165) is 11.2 Å². The van der Waals surface area contributed by atoms with E-state index in [9.17, 15) is 4.79 Å². The summed E-state index contributed by atoms with van der Waals surface area (Å²) in [7, 11) is 0. The van der Waals surface area contributed by atoms with Crippen LogP contribution in [0.15, 0.2) is 59.3 Å². The molecule has 0 spiro atoms. The fourth-order valence-corrected chi connectivity index (χ4v) is 2.89. The zero-order chi connectivity index (χ0) is 17.4. The van der Waals surface area contributed by atoms with Gasteiger partial charge in [0, 0.05) is 11.8 Å². The molecule has 4 aromatic rings. The molecule has 6 heteroatoms. The molecule has 0 unspecified atom stereocenters. The first-order valence-corrected chi connectivity index (χ1v) is 7.92. The number of pyridine rings is 1. The SMILES string of the molecule is Cc1noc(C)c1C(=O)Nc1c(-c2ccccc2)nc2ccccn12. The highest BCUT2D eigenvalue weighted by Gasteiger charge is 2.21. The highest BCUT2D eigenvalue weighted by Crippen LogP contribution is 2.29. The number of amides is 1. The van der Waals surface area contributed by atoms with Gasteiger partial charge in [0.2, 0.25) is 0 Å². The summed E-state index contributed by atoms with van der Waals surface area (Å²) in [5, 5.41) is 6.83. The van der Waals surface area contributed by atoms with Gasteiger partial charge in [0.15, 0.2) is 0 Å². The molecule has 6 nitrogen and oxygen atoms in total. The Hall–Kier alpha value is -3.41. The van der Waals surface area contributed by atoms with E-state index >= 15 is 0 Å². The zero-order valence-electron chi connectivity index (χ0n) is 13.9. The lowest BCUT2D eigenvalue weighted by atomic mass is 10.1. The highest BCUT2D eigenvalue weighted by molar-refractivity contribution is 6.07. The topological polar surface area (TPSA) is 72.4 Å². The van der Waals surface area contributed by atoms with Gasteiger partial charge in [-0.25, -0.2) is 4.98 Å². The fourth-order valence-electron chi connectivity index (χ4n) is 2.89. The van der Waals surface area contributed by atoms with Crippen molar-refractivity contribution in [2.24, 2.45) is 0 Å². The average Bonchev–Trinajstić information content (AvgIpc) is 3.16. The maximum atomic E-state index is 12.8. The molecule has 3 heterocycles. The third-order valence-electron chi connectivity index (χ3n) is 4.07. The fraction of sp³-hybridized carbons (Fsp3) is 0.105. The van der Waals surface area contributed by atoms with Crippen LogP contribution in [-0.4, -0.2) is 20.4 Å². The van der Waals surface area contributed by atoms with Crippen LogP contribution in [-0.2, 0) is 0 Å². The number of benzene rings is 1. The number of hydrogen-bond donors (Lipinski definition) is 1. The van der Waals surface area contributed by atoms with Gasteiger partial charge in [-0.2, -0.15) is 0 Å². The van der Waals surface area contributed by atoms with E-state index in [-0.39, 0.29) is 5.91 Å². The summed E-state index contributed by atoms with van der Waals surface area (Å²) in [6.45, 7) is 3.47. The van der Waals surface area contributed by atoms with Crippen molar-refractivity contribution in [3.63, 3.8) is 0 Å². The zero-order valence-corrected chi connectivity index (χ0v) is 13.9. The van der Waals surface area contributed by atoms with E-state index in [1.54, 1.807) is 13.8 Å². The van der Waals surface area contributed by atoms with Crippen LogP contribution in [0.1, 0.15) is 21.8 Å². The van der Waals surface area contributed by atoms with Gasteiger partial charge >= 0.3 is 0 Å². The molecule has 25 heavy (non-hydrogen) atoms. The Morgan fingerprint density at radius 2 is 1.84 bits per heavy atom. The largest absolute Gasteiger partial charge is 0.361 e. The predicted octanol–water partition coefficient (Wildman–Crippen LogP) is 3.86. The summed E-state index contributed by atoms with van der Waals surface area (Å²) in [6.07, 6.45) is 1.87. The summed E-state index contributed by atoms with van der Waals surface area (Å²) in [5.74, 6) is 0.843. The normalized spacial score (nSPS) is 11.0. The Labute approximate surface area is 144 Å². The van der Waals surface area contributed by atoms with E-state index in [1.165, 1.54) is 0 Å². The molecular formula is C19H16N4O2. The van der Waals surface area contributed by atoms with Gasteiger partial charge in [-0.15, -0.1) is 0 Å². The second kappa shape index (κ2) is 5.90. The summed E-state index contributed by atoms with van der Waals surface area (Å²) < 4.78 is 6.96. The molecule has 1 N–H and O–H groups in total. The maximum absolute atomic E-state index is 12.8. The van der Waals surface area contributed by atoms with Gasteiger partial charge in [-0.1, -0.05) is 41.6 Å². The monoisotopic (exact) mass is 332 g/mol. The highest BCUT2D eigenvalue weighted by atomic mass is 16.5. The molecule has 0 aliphatic heterocycles. The summed E-state index contributed by atoms with van der Waals surface area (Å²) in [6, 6.07) is 15.5. The molecule has 0 saturated carbocycles. The molecule has 1 aromatic carbocycles. The van der Waals surface area contributed by atoms with E-state index in [2.05, 4.69) is 15.5 Å². The lowest BCUT2D eigenvalue weighted by Gasteiger charge is -2.07. The van der Waals surface area contributed by atoms with Crippen molar-refractivity contribution < 1.29 is 9.32 Å². The van der Waals surface area contributed by atoms with Crippen LogP contribution in [0.3, 0.4) is 0 Å². The Bertz CT molecular complexity index is 1040. The Balaban J connectivity index is 1.84. The van der Waals surface area contributed by atoms with E-state index in [1.807, 2.05) is 59.1 Å². The first kappa shape index (κ1) is 15.1. The Kier molecular flexibility index (Phi) is 3.57. The molecule has 0 radical (unpaired) electrons. The molecule has 4 rings (SSSR count). The molecule has 124 valence electrons. The minimum absolute atomic E-state index is 0.265. The van der Waals surface area contributed by atoms with E-state index < -0.39 is 0 Å². The lowest BCUT2D eigenvalue weighted by Crippen LogP contribution is -2.15. The van der Waals surface area contributed by atoms with Gasteiger partial charge < -0.3 is 9.84 Å². The number of fused-ring (bicyclic) bond motifs is 1. The van der Waals surface area contributed by atoms with E-state index in [0.29, 0.717) is 28.5 Å². The standard InChI is InChI=1S/C19H16N4O2/c1-12-16(13(2)25-22-12)19(24)21-18-17(14-8-4-3-5-9-14)20-15-10-6-7-11-23(15)18/h3-11H,1-2H3,(H,21,24). The van der Waals surface area contributed by atoms with Crippen LogP contribution in [0.25, 0.3) is 16.9 Å². The Morgan fingerprint density at radius 1 is 1.08 bits per heavy atom. The first-order chi connectivity index (χ1) is 12.1. The lowest BCUT2D eigenvalue weighted by molar-refractivity contribution is 0.102. The number of carbonyl (C=O) groups excluding carboxylic acids is 1. The van der Waals surface area contributed by atoms with Gasteiger partial charge in [0.05, 0.1) is 5.69 Å². The number of nitrogens with one attached hydrogen (secondary N) is 1. The molecule has 0 saturated heterocycles. The second-order valence-corrected chi connectivity index (χ2v) is 5.76. The van der Waals surface area contributed by atoms with Gasteiger partial charge in [0.25, 0.3) is 5.91 Å². The van der Waals surface area contributed by atoms with Crippen molar-refractivity contribution in [2.75, 3.05) is 5.32 Å². The smallest absolute Gasteiger partial charge is 0.262 e. The second-order valence-electron chi connectivity index (χ2n) is 5.76. The number of anilines is 1.